The monoisotopic (exact) mass is 393 g/mol. The summed E-state index contributed by atoms with van der Waals surface area (Å²) in [6, 6.07) is 32.2. The Morgan fingerprint density at radius 1 is 0.609 bits per heavy atom. The van der Waals surface area contributed by atoms with Crippen LogP contribution in [0.25, 0.3) is 0 Å². The third kappa shape index (κ3) is 3.10. The molecule has 0 aliphatic heterocycles. The van der Waals surface area contributed by atoms with Crippen LogP contribution in [0.3, 0.4) is 0 Å². The second-order valence-corrected chi connectivity index (χ2v) is 9.27. The molecule has 4 rings (SSSR count). The summed E-state index contributed by atoms with van der Waals surface area (Å²) in [7, 11) is -1.96. The zero-order valence-electron chi connectivity index (χ0n) is 14.1. The first-order valence-corrected chi connectivity index (χ1v) is 9.62. The van der Waals surface area contributed by atoms with Crippen LogP contribution in [0.2, 0.25) is 0 Å². The van der Waals surface area contributed by atoms with Gasteiger partial charge in [-0.05, 0) is 49.2 Å². The molecule has 3 aromatic carbocycles. The molecule has 1 aliphatic rings. The SMILES string of the molecule is [2H]C1([P+](c2ccccc2)(c2ccccc2)c2ccccc2)CC1.[Y]. The summed E-state index contributed by atoms with van der Waals surface area (Å²) in [5, 5.41) is 3.97. The quantitative estimate of drug-likeness (QED) is 0.585. The third-order valence-electron chi connectivity index (χ3n) is 4.38. The van der Waals surface area contributed by atoms with Gasteiger partial charge in [-0.1, -0.05) is 54.6 Å². The molecule has 23 heavy (non-hydrogen) atoms. The topological polar surface area (TPSA) is 0 Å². The molecule has 0 amide bonds. The number of hydrogen-bond acceptors (Lipinski definition) is 0. The van der Waals surface area contributed by atoms with E-state index in [1.54, 1.807) is 0 Å². The molecule has 111 valence electrons. The fraction of sp³-hybridized carbons (Fsp3) is 0.143. The van der Waals surface area contributed by atoms with Crippen molar-refractivity contribution in [2.75, 3.05) is 0 Å². The Morgan fingerprint density at radius 3 is 1.17 bits per heavy atom. The summed E-state index contributed by atoms with van der Waals surface area (Å²) in [5.74, 6) is 0. The van der Waals surface area contributed by atoms with Crippen molar-refractivity contribution in [2.45, 2.75) is 18.5 Å². The summed E-state index contributed by atoms with van der Waals surface area (Å²) in [4.78, 5) is 0. The van der Waals surface area contributed by atoms with E-state index in [0.29, 0.717) is 0 Å². The van der Waals surface area contributed by atoms with Gasteiger partial charge in [-0.3, -0.25) is 0 Å². The zero-order chi connectivity index (χ0) is 15.8. The van der Waals surface area contributed by atoms with E-state index in [-0.39, 0.29) is 38.3 Å². The van der Waals surface area contributed by atoms with Crippen molar-refractivity contribution in [3.05, 3.63) is 91.0 Å². The molecule has 1 radical (unpaired) electrons. The molecule has 1 fully saturated rings. The van der Waals surface area contributed by atoms with Gasteiger partial charge in [0.2, 0.25) is 0 Å². The van der Waals surface area contributed by atoms with Crippen LogP contribution in [0.1, 0.15) is 14.2 Å². The van der Waals surface area contributed by atoms with Gasteiger partial charge < -0.3 is 0 Å². The van der Waals surface area contributed by atoms with Gasteiger partial charge in [0, 0.05) is 32.7 Å². The van der Waals surface area contributed by atoms with Gasteiger partial charge in [0.15, 0.2) is 0 Å². The van der Waals surface area contributed by atoms with Crippen LogP contribution in [0, 0.1) is 0 Å². The molecular formula is C21H20PY+. The molecule has 0 nitrogen and oxygen atoms in total. The van der Waals surface area contributed by atoms with Gasteiger partial charge in [-0.25, -0.2) is 0 Å². The van der Waals surface area contributed by atoms with Crippen LogP contribution >= 0.6 is 7.26 Å². The average molecular weight is 393 g/mol. The molecule has 1 saturated carbocycles. The fourth-order valence-corrected chi connectivity index (χ4v) is 7.97. The van der Waals surface area contributed by atoms with Gasteiger partial charge in [-0.2, -0.15) is 0 Å². The maximum atomic E-state index is 9.21. The van der Waals surface area contributed by atoms with Crippen molar-refractivity contribution in [3.8, 4) is 0 Å². The first kappa shape index (κ1) is 15.7. The standard InChI is InChI=1S/C21H20P.Y/c1-4-10-18(11-5-1)22(21-16-17-21,19-12-6-2-7-13-19)20-14-8-3-9-15-20;/h1-15,21H,16-17H2;/q+1;/i21D;. The molecule has 0 aromatic heterocycles. The van der Waals surface area contributed by atoms with Crippen molar-refractivity contribution in [2.24, 2.45) is 0 Å². The molecule has 0 N–H and O–H groups in total. The van der Waals surface area contributed by atoms with Gasteiger partial charge >= 0.3 is 0 Å². The zero-order valence-corrected chi connectivity index (χ0v) is 16.8. The van der Waals surface area contributed by atoms with Crippen molar-refractivity contribution >= 4 is 23.2 Å². The first-order valence-electron chi connectivity index (χ1n) is 8.33. The minimum Gasteiger partial charge on any atom is -0.0620 e. The molecule has 0 bridgehead atoms. The Balaban J connectivity index is 0.00000169. The Morgan fingerprint density at radius 2 is 0.913 bits per heavy atom. The first-order chi connectivity index (χ1) is 11.3. The van der Waals surface area contributed by atoms with Gasteiger partial charge in [0.1, 0.15) is 23.2 Å². The Hall–Kier alpha value is -0.806. The van der Waals surface area contributed by atoms with Crippen LogP contribution in [-0.2, 0) is 32.7 Å². The number of hydrogen-bond donors (Lipinski definition) is 0. The molecule has 0 unspecified atom stereocenters. The van der Waals surface area contributed by atoms with E-state index in [0.717, 1.165) is 12.8 Å². The van der Waals surface area contributed by atoms with Gasteiger partial charge in [-0.15, -0.1) is 0 Å². The maximum absolute atomic E-state index is 9.21. The molecule has 2 heteroatoms. The molecule has 3 aromatic rings. The predicted octanol–water partition coefficient (Wildman–Crippen LogP) is 4.14. The summed E-state index contributed by atoms with van der Waals surface area (Å²) < 4.78 is 9.21. The Kier molecular flexibility index (Phi) is 5.05. The maximum Gasteiger partial charge on any atom is 0.115 e. The number of benzene rings is 3. The summed E-state index contributed by atoms with van der Waals surface area (Å²) in [6.45, 7) is 0. The van der Waals surface area contributed by atoms with Crippen LogP contribution in [0.4, 0.5) is 0 Å². The summed E-state index contributed by atoms with van der Waals surface area (Å²) in [5.41, 5.74) is -0.364. The summed E-state index contributed by atoms with van der Waals surface area (Å²) in [6.07, 6.45) is 1.97. The minimum absolute atomic E-state index is 0. The van der Waals surface area contributed by atoms with E-state index in [1.807, 2.05) is 0 Å². The van der Waals surface area contributed by atoms with Crippen molar-refractivity contribution in [1.29, 1.82) is 0 Å². The molecule has 0 heterocycles. The molecule has 0 saturated heterocycles. The molecule has 0 spiro atoms. The van der Waals surface area contributed by atoms with Crippen LogP contribution < -0.4 is 15.9 Å². The minimum atomic E-state index is -1.96. The molecular weight excluding hydrogens is 372 g/mol. The van der Waals surface area contributed by atoms with Crippen molar-refractivity contribution in [3.63, 3.8) is 0 Å². The Labute approximate surface area is 166 Å². The predicted molar refractivity (Wildman–Crippen MR) is 98.2 cm³/mol. The fourth-order valence-electron chi connectivity index (χ4n) is 3.34. The summed E-state index contributed by atoms with van der Waals surface area (Å²) >= 11 is 0. The molecule has 1 aliphatic carbocycles. The smallest absolute Gasteiger partial charge is 0.0620 e. The van der Waals surface area contributed by atoms with E-state index < -0.39 is 7.26 Å². The van der Waals surface area contributed by atoms with E-state index in [9.17, 15) is 1.37 Å². The van der Waals surface area contributed by atoms with Crippen LogP contribution in [-0.4, -0.2) is 5.64 Å². The normalized spacial score (nSPS) is 16.1. The largest absolute Gasteiger partial charge is 0.115 e. The average Bonchev–Trinajstić information content (AvgIpc) is 3.37. The van der Waals surface area contributed by atoms with E-state index in [2.05, 4.69) is 91.0 Å². The van der Waals surface area contributed by atoms with Crippen molar-refractivity contribution < 1.29 is 34.1 Å². The second-order valence-electron chi connectivity index (χ2n) is 5.74. The van der Waals surface area contributed by atoms with Crippen LogP contribution in [0.15, 0.2) is 91.0 Å². The second kappa shape index (κ2) is 7.39. The third-order valence-corrected chi connectivity index (χ3v) is 8.99. The Bertz CT molecular complexity index is 689. The van der Waals surface area contributed by atoms with E-state index >= 15 is 0 Å². The van der Waals surface area contributed by atoms with E-state index in [4.69, 9.17) is 0 Å². The van der Waals surface area contributed by atoms with Gasteiger partial charge in [0.05, 0.1) is 7.01 Å². The molecule has 0 atom stereocenters. The van der Waals surface area contributed by atoms with E-state index in [1.165, 1.54) is 15.9 Å². The van der Waals surface area contributed by atoms with Gasteiger partial charge in [0.25, 0.3) is 0 Å². The van der Waals surface area contributed by atoms with Crippen LogP contribution in [0.5, 0.6) is 0 Å². The van der Waals surface area contributed by atoms with Crippen molar-refractivity contribution in [1.82, 2.24) is 0 Å². The number of rotatable bonds is 4.